The molecule has 0 aliphatic rings. The molecule has 52 heavy (non-hydrogen) atoms. The van der Waals surface area contributed by atoms with Gasteiger partial charge < -0.3 is 20.3 Å². The Kier molecular flexibility index (Phi) is 40.3. The molecule has 0 aliphatic carbocycles. The maximum atomic E-state index is 12.4. The fourth-order valence-corrected chi connectivity index (χ4v) is 6.38. The Morgan fingerprint density at radius 1 is 0.519 bits per heavy atom. The zero-order valence-electron chi connectivity index (χ0n) is 34.3. The first-order valence-electron chi connectivity index (χ1n) is 22.3. The summed E-state index contributed by atoms with van der Waals surface area (Å²) in [5.41, 5.74) is 0. The molecule has 304 valence electrons. The number of carbonyl (C=O) groups is 2. The monoisotopic (exact) mass is 732 g/mol. The Labute approximate surface area is 322 Å². The van der Waals surface area contributed by atoms with E-state index in [1.807, 2.05) is 6.08 Å². The lowest BCUT2D eigenvalue weighted by Gasteiger charge is -2.20. The molecule has 0 radical (unpaired) electrons. The van der Waals surface area contributed by atoms with Gasteiger partial charge in [0.15, 0.2) is 0 Å². The maximum Gasteiger partial charge on any atom is 0.305 e. The molecule has 2 unspecified atom stereocenters. The minimum atomic E-state index is -0.861. The van der Waals surface area contributed by atoms with Crippen molar-refractivity contribution in [1.82, 2.24) is 5.32 Å². The minimum Gasteiger partial charge on any atom is -0.466 e. The Bertz CT molecular complexity index is 854. The smallest absolute Gasteiger partial charge is 0.305 e. The highest BCUT2D eigenvalue weighted by Crippen LogP contribution is 2.13. The molecule has 0 aromatic heterocycles. The average molecular weight is 732 g/mol. The number of amides is 1. The molecular formula is C46H85NO5. The van der Waals surface area contributed by atoms with E-state index in [1.54, 1.807) is 6.08 Å². The van der Waals surface area contributed by atoms with Crippen LogP contribution in [-0.2, 0) is 14.3 Å². The molecule has 0 saturated heterocycles. The van der Waals surface area contributed by atoms with Crippen LogP contribution in [0.4, 0.5) is 0 Å². The average Bonchev–Trinajstić information content (AvgIpc) is 3.14. The van der Waals surface area contributed by atoms with Crippen LogP contribution in [0.15, 0.2) is 36.5 Å². The van der Waals surface area contributed by atoms with Gasteiger partial charge in [0.1, 0.15) is 0 Å². The van der Waals surface area contributed by atoms with Crippen molar-refractivity contribution < 1.29 is 24.5 Å². The van der Waals surface area contributed by atoms with Gasteiger partial charge in [-0.3, -0.25) is 9.59 Å². The van der Waals surface area contributed by atoms with Crippen molar-refractivity contribution in [3.05, 3.63) is 36.5 Å². The van der Waals surface area contributed by atoms with Crippen molar-refractivity contribution in [2.45, 2.75) is 231 Å². The number of unbranched alkanes of at least 4 members (excludes halogenated alkanes) is 25. The lowest BCUT2D eigenvalue weighted by molar-refractivity contribution is -0.143. The van der Waals surface area contributed by atoms with Crippen molar-refractivity contribution in [2.24, 2.45) is 0 Å². The number of hydrogen-bond donors (Lipinski definition) is 3. The molecule has 6 nitrogen and oxygen atoms in total. The molecule has 3 N–H and O–H groups in total. The summed E-state index contributed by atoms with van der Waals surface area (Å²) in [5, 5.41) is 22.9. The molecule has 0 aromatic carbocycles. The topological polar surface area (TPSA) is 95.9 Å². The number of nitrogens with one attached hydrogen (secondary N) is 1. The number of carbonyl (C=O) groups excluding carboxylic acids is 2. The van der Waals surface area contributed by atoms with Crippen LogP contribution in [0, 0.1) is 0 Å². The largest absolute Gasteiger partial charge is 0.466 e. The van der Waals surface area contributed by atoms with Crippen LogP contribution in [0.25, 0.3) is 0 Å². The third-order valence-electron chi connectivity index (χ3n) is 9.88. The second kappa shape index (κ2) is 41.8. The zero-order valence-corrected chi connectivity index (χ0v) is 34.3. The molecule has 0 heterocycles. The number of aliphatic hydroxyl groups is 2. The van der Waals surface area contributed by atoms with E-state index < -0.39 is 12.1 Å². The Balaban J connectivity index is 3.59. The Morgan fingerprint density at radius 3 is 1.40 bits per heavy atom. The van der Waals surface area contributed by atoms with Gasteiger partial charge in [-0.05, 0) is 83.5 Å². The summed E-state index contributed by atoms with van der Waals surface area (Å²) >= 11 is 0. The van der Waals surface area contributed by atoms with Crippen LogP contribution < -0.4 is 5.32 Å². The number of hydrogen-bond acceptors (Lipinski definition) is 5. The van der Waals surface area contributed by atoms with Crippen LogP contribution in [-0.4, -0.2) is 47.4 Å². The van der Waals surface area contributed by atoms with Crippen LogP contribution in [0.1, 0.15) is 219 Å². The third-order valence-corrected chi connectivity index (χ3v) is 9.88. The second-order valence-corrected chi connectivity index (χ2v) is 15.0. The van der Waals surface area contributed by atoms with Crippen LogP contribution in [0.2, 0.25) is 0 Å². The second-order valence-electron chi connectivity index (χ2n) is 15.0. The number of esters is 1. The molecule has 1 amide bonds. The maximum absolute atomic E-state index is 12.4. The fraction of sp³-hybridized carbons (Fsp3) is 0.826. The summed E-state index contributed by atoms with van der Waals surface area (Å²) in [5.74, 6) is -0.145. The molecule has 0 bridgehead atoms. The summed E-state index contributed by atoms with van der Waals surface area (Å²) in [6.07, 6.45) is 48.4. The number of allylic oxidation sites excluding steroid dienone is 5. The van der Waals surface area contributed by atoms with Gasteiger partial charge in [-0.25, -0.2) is 0 Å². The highest BCUT2D eigenvalue weighted by Gasteiger charge is 2.18. The van der Waals surface area contributed by atoms with E-state index in [0.29, 0.717) is 19.4 Å². The van der Waals surface area contributed by atoms with Gasteiger partial charge >= 0.3 is 5.97 Å². The van der Waals surface area contributed by atoms with Crippen molar-refractivity contribution in [1.29, 1.82) is 0 Å². The van der Waals surface area contributed by atoms with Crippen molar-refractivity contribution >= 4 is 11.9 Å². The summed E-state index contributed by atoms with van der Waals surface area (Å²) in [7, 11) is 0. The Morgan fingerprint density at radius 2 is 0.904 bits per heavy atom. The molecule has 2 atom stereocenters. The number of rotatable bonds is 40. The third kappa shape index (κ3) is 37.8. The first kappa shape index (κ1) is 50.1. The number of ether oxygens (including phenoxy) is 1. The van der Waals surface area contributed by atoms with Crippen molar-refractivity contribution in [3.63, 3.8) is 0 Å². The van der Waals surface area contributed by atoms with Crippen molar-refractivity contribution in [3.8, 4) is 0 Å². The number of aliphatic hydroxyl groups excluding tert-OH is 2. The molecule has 0 spiro atoms. The zero-order chi connectivity index (χ0) is 38.0. The molecule has 0 rings (SSSR count). The molecule has 0 aliphatic heterocycles. The summed E-state index contributed by atoms with van der Waals surface area (Å²) in [4.78, 5) is 24.3. The molecule has 6 heteroatoms. The summed E-state index contributed by atoms with van der Waals surface area (Å²) < 4.78 is 5.40. The van der Waals surface area contributed by atoms with E-state index in [1.165, 1.54) is 109 Å². The molecule has 0 fully saturated rings. The first-order valence-corrected chi connectivity index (χ1v) is 22.3. The van der Waals surface area contributed by atoms with Crippen LogP contribution >= 0.6 is 0 Å². The SMILES string of the molecule is CCCCC/C=C\CCCCCCCC(=O)OCCCC/C=C\CCCCCCCC(=O)NC(CO)C(O)/C=C/CCCCCCCCCCCC. The molecular weight excluding hydrogens is 647 g/mol. The standard InChI is InChI=1S/C46H85NO5/c1-3-5-7-9-11-13-15-18-22-26-30-34-38-44(49)43(42-48)47-45(50)39-35-31-27-23-19-17-21-25-29-33-37-41-52-46(51)40-36-32-28-24-20-16-14-12-10-8-6-4-2/h12,14,21,25,34,38,43-44,48-49H,3-11,13,15-20,22-24,26-33,35-37,39-42H2,1-2H3,(H,47,50)/b14-12-,25-21-,38-34+. The Hall–Kier alpha value is -1.92. The van der Waals surface area contributed by atoms with Gasteiger partial charge in [-0.15, -0.1) is 0 Å². The fourth-order valence-electron chi connectivity index (χ4n) is 6.38. The quantitative estimate of drug-likeness (QED) is 0.0331. The van der Waals surface area contributed by atoms with Crippen molar-refractivity contribution in [2.75, 3.05) is 13.2 Å². The highest BCUT2D eigenvalue weighted by molar-refractivity contribution is 5.76. The van der Waals surface area contributed by atoms with E-state index in [4.69, 9.17) is 4.74 Å². The highest BCUT2D eigenvalue weighted by atomic mass is 16.5. The minimum absolute atomic E-state index is 0.0445. The molecule has 0 saturated carbocycles. The normalized spacial score (nSPS) is 13.1. The lowest BCUT2D eigenvalue weighted by Crippen LogP contribution is -2.45. The van der Waals surface area contributed by atoms with E-state index in [0.717, 1.165) is 83.5 Å². The predicted molar refractivity (Wildman–Crippen MR) is 222 cm³/mol. The van der Waals surface area contributed by atoms with Gasteiger partial charge in [0.05, 0.1) is 25.4 Å². The first-order chi connectivity index (χ1) is 25.5. The van der Waals surface area contributed by atoms with Gasteiger partial charge in [-0.2, -0.15) is 0 Å². The molecule has 0 aromatic rings. The van der Waals surface area contributed by atoms with Gasteiger partial charge in [0.25, 0.3) is 0 Å². The van der Waals surface area contributed by atoms with Gasteiger partial charge in [-0.1, -0.05) is 159 Å². The van der Waals surface area contributed by atoms with Crippen LogP contribution in [0.5, 0.6) is 0 Å². The van der Waals surface area contributed by atoms with Crippen LogP contribution in [0.3, 0.4) is 0 Å². The van der Waals surface area contributed by atoms with E-state index in [-0.39, 0.29) is 18.5 Å². The summed E-state index contributed by atoms with van der Waals surface area (Å²) in [6.45, 7) is 4.76. The predicted octanol–water partition coefficient (Wildman–Crippen LogP) is 12.6. The summed E-state index contributed by atoms with van der Waals surface area (Å²) in [6, 6.07) is -0.648. The van der Waals surface area contributed by atoms with E-state index in [9.17, 15) is 19.8 Å². The van der Waals surface area contributed by atoms with Gasteiger partial charge in [0.2, 0.25) is 5.91 Å². The van der Waals surface area contributed by atoms with Gasteiger partial charge in [0, 0.05) is 12.8 Å². The van der Waals surface area contributed by atoms with E-state index in [2.05, 4.69) is 43.5 Å². The lowest BCUT2D eigenvalue weighted by atomic mass is 10.1. The van der Waals surface area contributed by atoms with E-state index >= 15 is 0 Å².